The minimum atomic E-state index is -1.01. The van der Waals surface area contributed by atoms with Gasteiger partial charge in [-0.15, -0.1) is 0 Å². The summed E-state index contributed by atoms with van der Waals surface area (Å²) in [6.45, 7) is 0. The maximum Gasteiger partial charge on any atom is 0.371 e. The van der Waals surface area contributed by atoms with Crippen LogP contribution in [0.4, 0.5) is 5.88 Å². The zero-order valence-electron chi connectivity index (χ0n) is 8.77. The molecule has 1 aliphatic rings. The van der Waals surface area contributed by atoms with Crippen molar-refractivity contribution >= 4 is 11.9 Å². The number of anilines is 1. The summed E-state index contributed by atoms with van der Waals surface area (Å²) in [5.74, 6) is -0.352. The Morgan fingerprint density at radius 1 is 1.47 bits per heavy atom. The van der Waals surface area contributed by atoms with Gasteiger partial charge in [0, 0.05) is 19.2 Å². The van der Waals surface area contributed by atoms with E-state index in [1.807, 2.05) is 11.9 Å². The van der Waals surface area contributed by atoms with Gasteiger partial charge in [0.05, 0.1) is 0 Å². The molecule has 82 valence electrons. The Balaban J connectivity index is 2.10. The van der Waals surface area contributed by atoms with E-state index in [0.29, 0.717) is 11.9 Å². The molecule has 0 atom stereocenters. The third-order valence-corrected chi connectivity index (χ3v) is 3.02. The monoisotopic (exact) mass is 209 g/mol. The maximum absolute atomic E-state index is 10.6. The van der Waals surface area contributed by atoms with Crippen molar-refractivity contribution in [3.63, 3.8) is 0 Å². The molecule has 0 saturated heterocycles. The van der Waals surface area contributed by atoms with Crippen molar-refractivity contribution in [3.8, 4) is 0 Å². The fourth-order valence-electron chi connectivity index (χ4n) is 2.10. The average molecular weight is 209 g/mol. The lowest BCUT2D eigenvalue weighted by Crippen LogP contribution is -2.28. The van der Waals surface area contributed by atoms with Gasteiger partial charge >= 0.3 is 5.97 Å². The smallest absolute Gasteiger partial charge is 0.371 e. The Morgan fingerprint density at radius 2 is 2.13 bits per heavy atom. The first-order valence-electron chi connectivity index (χ1n) is 5.24. The molecule has 2 rings (SSSR count). The molecule has 0 bridgehead atoms. The molecule has 4 heteroatoms. The molecule has 1 saturated carbocycles. The highest BCUT2D eigenvalue weighted by Crippen LogP contribution is 2.28. The van der Waals surface area contributed by atoms with Crippen LogP contribution >= 0.6 is 0 Å². The third-order valence-electron chi connectivity index (χ3n) is 3.02. The minimum Gasteiger partial charge on any atom is -0.475 e. The van der Waals surface area contributed by atoms with Crippen molar-refractivity contribution in [2.45, 2.75) is 31.7 Å². The molecule has 1 aromatic heterocycles. The average Bonchev–Trinajstić information content (AvgIpc) is 2.88. The van der Waals surface area contributed by atoms with E-state index >= 15 is 0 Å². The summed E-state index contributed by atoms with van der Waals surface area (Å²) in [5, 5.41) is 8.73. The minimum absolute atomic E-state index is 0.00912. The highest BCUT2D eigenvalue weighted by Gasteiger charge is 2.22. The summed E-state index contributed by atoms with van der Waals surface area (Å²) in [6, 6.07) is 3.73. The molecule has 1 aliphatic carbocycles. The van der Waals surface area contributed by atoms with Gasteiger partial charge in [0.15, 0.2) is 5.88 Å². The summed E-state index contributed by atoms with van der Waals surface area (Å²) in [5.41, 5.74) is 0. The van der Waals surface area contributed by atoms with Crippen molar-refractivity contribution in [3.05, 3.63) is 17.9 Å². The SMILES string of the molecule is CN(c1ccc(C(=O)O)o1)C1CCCC1. The molecule has 0 aliphatic heterocycles. The van der Waals surface area contributed by atoms with E-state index in [9.17, 15) is 4.79 Å². The van der Waals surface area contributed by atoms with Gasteiger partial charge in [-0.2, -0.15) is 0 Å². The largest absolute Gasteiger partial charge is 0.475 e. The van der Waals surface area contributed by atoms with Gasteiger partial charge in [0.25, 0.3) is 0 Å². The van der Waals surface area contributed by atoms with Crippen LogP contribution in [0.3, 0.4) is 0 Å². The number of hydrogen-bond donors (Lipinski definition) is 1. The molecule has 0 amide bonds. The quantitative estimate of drug-likeness (QED) is 0.830. The van der Waals surface area contributed by atoms with E-state index in [1.165, 1.54) is 31.7 Å². The third kappa shape index (κ3) is 1.98. The van der Waals surface area contributed by atoms with Crippen LogP contribution < -0.4 is 4.90 Å². The van der Waals surface area contributed by atoms with Crippen molar-refractivity contribution in [2.75, 3.05) is 11.9 Å². The van der Waals surface area contributed by atoms with Crippen molar-refractivity contribution in [1.82, 2.24) is 0 Å². The van der Waals surface area contributed by atoms with E-state index in [1.54, 1.807) is 6.07 Å². The maximum atomic E-state index is 10.6. The molecule has 0 aromatic carbocycles. The van der Waals surface area contributed by atoms with E-state index in [0.717, 1.165) is 0 Å². The molecule has 1 aromatic rings. The first-order chi connectivity index (χ1) is 7.18. The molecular weight excluding hydrogens is 194 g/mol. The van der Waals surface area contributed by atoms with E-state index in [4.69, 9.17) is 9.52 Å². The summed E-state index contributed by atoms with van der Waals surface area (Å²) >= 11 is 0. The first-order valence-corrected chi connectivity index (χ1v) is 5.24. The number of aromatic carboxylic acids is 1. The number of nitrogens with zero attached hydrogens (tertiary/aromatic N) is 1. The highest BCUT2D eigenvalue weighted by atomic mass is 16.4. The Bertz CT molecular complexity index is 352. The molecular formula is C11H15NO3. The van der Waals surface area contributed by atoms with Crippen LogP contribution in [0, 0.1) is 0 Å². The predicted molar refractivity (Wildman–Crippen MR) is 56.3 cm³/mol. The number of rotatable bonds is 3. The number of carbonyl (C=O) groups is 1. The second kappa shape index (κ2) is 3.96. The van der Waals surface area contributed by atoms with E-state index < -0.39 is 5.97 Å². The Morgan fingerprint density at radius 3 is 2.67 bits per heavy atom. The van der Waals surface area contributed by atoms with Gasteiger partial charge < -0.3 is 14.4 Å². The zero-order chi connectivity index (χ0) is 10.8. The predicted octanol–water partition coefficient (Wildman–Crippen LogP) is 2.36. The van der Waals surface area contributed by atoms with Crippen molar-refractivity contribution in [2.24, 2.45) is 0 Å². The van der Waals surface area contributed by atoms with Crippen LogP contribution in [0.5, 0.6) is 0 Å². The second-order valence-electron chi connectivity index (χ2n) is 3.99. The van der Waals surface area contributed by atoms with E-state index in [-0.39, 0.29) is 5.76 Å². The number of carboxylic acid groups (broad SMARTS) is 1. The van der Waals surface area contributed by atoms with Gasteiger partial charge in [-0.05, 0) is 18.9 Å². The molecule has 1 fully saturated rings. The highest BCUT2D eigenvalue weighted by molar-refractivity contribution is 5.84. The second-order valence-corrected chi connectivity index (χ2v) is 3.99. The fraction of sp³-hybridized carbons (Fsp3) is 0.545. The molecule has 15 heavy (non-hydrogen) atoms. The van der Waals surface area contributed by atoms with Gasteiger partial charge in [0.2, 0.25) is 5.76 Å². The number of furan rings is 1. The van der Waals surface area contributed by atoms with Gasteiger partial charge in [0.1, 0.15) is 0 Å². The Labute approximate surface area is 88.5 Å². The normalized spacial score (nSPS) is 16.9. The van der Waals surface area contributed by atoms with Gasteiger partial charge in [-0.1, -0.05) is 12.8 Å². The molecule has 0 unspecified atom stereocenters. The van der Waals surface area contributed by atoms with Crippen LogP contribution in [0.25, 0.3) is 0 Å². The molecule has 0 spiro atoms. The summed E-state index contributed by atoms with van der Waals surface area (Å²) in [7, 11) is 1.96. The number of hydrogen-bond acceptors (Lipinski definition) is 3. The standard InChI is InChI=1S/C11H15NO3/c1-12(8-4-2-3-5-8)10-7-6-9(15-10)11(13)14/h6-8H,2-5H2,1H3,(H,13,14). The topological polar surface area (TPSA) is 53.7 Å². The summed E-state index contributed by atoms with van der Waals surface area (Å²) in [6.07, 6.45) is 4.84. The van der Waals surface area contributed by atoms with Crippen LogP contribution in [0.1, 0.15) is 36.2 Å². The summed E-state index contributed by atoms with van der Waals surface area (Å²) < 4.78 is 5.25. The van der Waals surface area contributed by atoms with E-state index in [2.05, 4.69) is 0 Å². The lowest BCUT2D eigenvalue weighted by atomic mass is 10.2. The number of carboxylic acids is 1. The lowest BCUT2D eigenvalue weighted by molar-refractivity contribution is 0.0663. The Hall–Kier alpha value is -1.45. The van der Waals surface area contributed by atoms with Crippen LogP contribution in [0.2, 0.25) is 0 Å². The molecule has 0 radical (unpaired) electrons. The molecule has 1 heterocycles. The van der Waals surface area contributed by atoms with Crippen molar-refractivity contribution in [1.29, 1.82) is 0 Å². The summed E-state index contributed by atoms with van der Waals surface area (Å²) in [4.78, 5) is 12.7. The fourth-order valence-corrected chi connectivity index (χ4v) is 2.10. The van der Waals surface area contributed by atoms with Gasteiger partial charge in [-0.3, -0.25) is 0 Å². The van der Waals surface area contributed by atoms with Crippen molar-refractivity contribution < 1.29 is 14.3 Å². The molecule has 1 N–H and O–H groups in total. The lowest BCUT2D eigenvalue weighted by Gasteiger charge is -2.23. The molecule has 4 nitrogen and oxygen atoms in total. The van der Waals surface area contributed by atoms with Crippen LogP contribution in [-0.2, 0) is 0 Å². The zero-order valence-corrected chi connectivity index (χ0v) is 8.77. The first kappa shape index (κ1) is 10.1. The van der Waals surface area contributed by atoms with Crippen LogP contribution in [0.15, 0.2) is 16.5 Å². The Kier molecular flexibility index (Phi) is 2.66. The van der Waals surface area contributed by atoms with Gasteiger partial charge in [-0.25, -0.2) is 4.79 Å². The van der Waals surface area contributed by atoms with Crippen LogP contribution in [-0.4, -0.2) is 24.2 Å².